The number of carbonyl (C=O) groups is 2. The van der Waals surface area contributed by atoms with Gasteiger partial charge in [-0.2, -0.15) is 5.21 Å². The molecule has 2 aromatic rings. The number of anilines is 1. The molecule has 1 heterocycles. The molecule has 0 aliphatic rings. The molecule has 104 valence electrons. The van der Waals surface area contributed by atoms with Crippen LogP contribution in [0.5, 0.6) is 5.75 Å². The van der Waals surface area contributed by atoms with Crippen LogP contribution >= 0.6 is 11.6 Å². The summed E-state index contributed by atoms with van der Waals surface area (Å²) in [6, 6.07) is 2.47. The van der Waals surface area contributed by atoms with E-state index in [1.807, 2.05) is 0 Å². The second-order valence-corrected chi connectivity index (χ2v) is 3.93. The lowest BCUT2D eigenvalue weighted by molar-refractivity contribution is 0.0693. The van der Waals surface area contributed by atoms with E-state index < -0.39 is 11.9 Å². The van der Waals surface area contributed by atoms with E-state index in [4.69, 9.17) is 21.4 Å². The number of carboxylic acids is 1. The van der Waals surface area contributed by atoms with Crippen molar-refractivity contribution >= 4 is 29.2 Å². The van der Waals surface area contributed by atoms with E-state index in [-0.39, 0.29) is 27.8 Å². The minimum atomic E-state index is -1.19. The lowest BCUT2D eigenvalue weighted by Gasteiger charge is -2.10. The first-order valence-electron chi connectivity index (χ1n) is 5.18. The first-order valence-corrected chi connectivity index (χ1v) is 5.56. The van der Waals surface area contributed by atoms with Crippen molar-refractivity contribution in [2.45, 2.75) is 0 Å². The molecule has 3 N–H and O–H groups in total. The molecular formula is C10H8ClN5O4. The van der Waals surface area contributed by atoms with Gasteiger partial charge < -0.3 is 15.2 Å². The van der Waals surface area contributed by atoms with E-state index in [1.54, 1.807) is 0 Å². The maximum absolute atomic E-state index is 11.7. The number of hydrogen-bond acceptors (Lipinski definition) is 6. The van der Waals surface area contributed by atoms with Gasteiger partial charge in [0, 0.05) is 6.07 Å². The number of ether oxygens (including phenoxy) is 1. The molecule has 0 aliphatic carbocycles. The molecule has 1 aromatic carbocycles. The second-order valence-electron chi connectivity index (χ2n) is 3.53. The molecule has 1 aromatic heterocycles. The number of carboxylic acid groups (broad SMARTS) is 1. The number of amides is 1. The quantitative estimate of drug-likeness (QED) is 0.761. The van der Waals surface area contributed by atoms with E-state index in [2.05, 4.69) is 25.9 Å². The van der Waals surface area contributed by atoms with Crippen LogP contribution in [0.15, 0.2) is 12.1 Å². The Morgan fingerprint density at radius 3 is 2.75 bits per heavy atom. The van der Waals surface area contributed by atoms with Crippen LogP contribution in [0.3, 0.4) is 0 Å². The average molecular weight is 298 g/mol. The SMILES string of the molecule is COc1cc(NC(=O)c2nn[nH]n2)c(Cl)cc1C(=O)O. The van der Waals surface area contributed by atoms with Gasteiger partial charge in [0.15, 0.2) is 0 Å². The molecule has 2 rings (SSSR count). The summed E-state index contributed by atoms with van der Waals surface area (Å²) in [5, 5.41) is 23.8. The maximum Gasteiger partial charge on any atom is 0.339 e. The lowest BCUT2D eigenvalue weighted by Crippen LogP contribution is -2.14. The van der Waals surface area contributed by atoms with E-state index in [0.29, 0.717) is 0 Å². The Morgan fingerprint density at radius 1 is 1.45 bits per heavy atom. The topological polar surface area (TPSA) is 130 Å². The number of halogens is 1. The molecule has 9 nitrogen and oxygen atoms in total. The highest BCUT2D eigenvalue weighted by atomic mass is 35.5. The highest BCUT2D eigenvalue weighted by Gasteiger charge is 2.18. The number of H-pyrrole nitrogens is 1. The summed E-state index contributed by atoms with van der Waals surface area (Å²) in [6.45, 7) is 0. The van der Waals surface area contributed by atoms with Gasteiger partial charge in [-0.05, 0) is 11.3 Å². The molecule has 0 unspecified atom stereocenters. The van der Waals surface area contributed by atoms with Crippen LogP contribution in [-0.2, 0) is 0 Å². The first-order chi connectivity index (χ1) is 9.52. The molecule has 20 heavy (non-hydrogen) atoms. The molecular weight excluding hydrogens is 290 g/mol. The Labute approximate surface area is 116 Å². The molecule has 0 saturated heterocycles. The molecule has 0 aliphatic heterocycles. The summed E-state index contributed by atoms with van der Waals surface area (Å²) < 4.78 is 4.93. The number of benzene rings is 1. The van der Waals surface area contributed by atoms with Gasteiger partial charge in [0.2, 0.25) is 0 Å². The van der Waals surface area contributed by atoms with Gasteiger partial charge in [-0.1, -0.05) is 11.6 Å². The van der Waals surface area contributed by atoms with Crippen molar-refractivity contribution in [2.24, 2.45) is 0 Å². The number of hydrogen-bond donors (Lipinski definition) is 3. The Balaban J connectivity index is 2.33. The van der Waals surface area contributed by atoms with Crippen LogP contribution in [-0.4, -0.2) is 44.7 Å². The molecule has 0 bridgehead atoms. The Bertz CT molecular complexity index is 658. The van der Waals surface area contributed by atoms with Gasteiger partial charge in [-0.3, -0.25) is 4.79 Å². The summed E-state index contributed by atoms with van der Waals surface area (Å²) in [7, 11) is 1.31. The number of aromatic carboxylic acids is 1. The summed E-state index contributed by atoms with van der Waals surface area (Å²) in [5.74, 6) is -1.96. The number of aromatic amines is 1. The highest BCUT2D eigenvalue weighted by molar-refractivity contribution is 6.34. The van der Waals surface area contributed by atoms with Gasteiger partial charge in [0.05, 0.1) is 17.8 Å². The maximum atomic E-state index is 11.7. The van der Waals surface area contributed by atoms with Crippen LogP contribution in [0.25, 0.3) is 0 Å². The summed E-state index contributed by atoms with van der Waals surface area (Å²) in [5.41, 5.74) is 0.0541. The highest BCUT2D eigenvalue weighted by Crippen LogP contribution is 2.31. The fourth-order valence-corrected chi connectivity index (χ4v) is 1.63. The largest absolute Gasteiger partial charge is 0.496 e. The third kappa shape index (κ3) is 2.67. The Hall–Kier alpha value is -2.68. The summed E-state index contributed by atoms with van der Waals surface area (Å²) >= 11 is 5.91. The standard InChI is InChI=1S/C10H8ClN5O4/c1-20-7-3-6(5(11)2-4(7)10(18)19)12-9(17)8-13-15-16-14-8/h2-3H,1H3,(H,12,17)(H,18,19)(H,13,14,15,16). The van der Waals surface area contributed by atoms with Crippen molar-refractivity contribution in [1.82, 2.24) is 20.6 Å². The zero-order valence-corrected chi connectivity index (χ0v) is 10.8. The predicted octanol–water partition coefficient (Wildman–Crippen LogP) is 0.812. The number of tetrazole rings is 1. The number of methoxy groups -OCH3 is 1. The van der Waals surface area contributed by atoms with Crippen molar-refractivity contribution in [3.05, 3.63) is 28.5 Å². The monoisotopic (exact) mass is 297 g/mol. The van der Waals surface area contributed by atoms with Crippen LogP contribution in [0, 0.1) is 0 Å². The van der Waals surface area contributed by atoms with Crippen molar-refractivity contribution in [3.63, 3.8) is 0 Å². The smallest absolute Gasteiger partial charge is 0.339 e. The van der Waals surface area contributed by atoms with Crippen molar-refractivity contribution < 1.29 is 19.4 Å². The average Bonchev–Trinajstić information content (AvgIpc) is 2.94. The fourth-order valence-electron chi connectivity index (χ4n) is 1.42. The third-order valence-electron chi connectivity index (χ3n) is 2.32. The zero-order chi connectivity index (χ0) is 14.7. The fraction of sp³-hybridized carbons (Fsp3) is 0.100. The van der Waals surface area contributed by atoms with Crippen molar-refractivity contribution in [2.75, 3.05) is 12.4 Å². The second kappa shape index (κ2) is 5.53. The summed E-state index contributed by atoms with van der Waals surface area (Å²) in [4.78, 5) is 22.7. The van der Waals surface area contributed by atoms with Gasteiger partial charge in [0.1, 0.15) is 11.3 Å². The summed E-state index contributed by atoms with van der Waals surface area (Å²) in [6.07, 6.45) is 0. The van der Waals surface area contributed by atoms with Gasteiger partial charge in [0.25, 0.3) is 11.7 Å². The van der Waals surface area contributed by atoms with Crippen LogP contribution in [0.4, 0.5) is 5.69 Å². The minimum absolute atomic E-state index is 0.0417. The number of aromatic nitrogens is 4. The van der Waals surface area contributed by atoms with E-state index in [0.717, 1.165) is 0 Å². The molecule has 0 radical (unpaired) electrons. The lowest BCUT2D eigenvalue weighted by atomic mass is 10.1. The van der Waals surface area contributed by atoms with E-state index in [1.165, 1.54) is 19.2 Å². The molecule has 0 saturated carbocycles. The molecule has 10 heteroatoms. The van der Waals surface area contributed by atoms with Crippen molar-refractivity contribution in [3.8, 4) is 5.75 Å². The number of rotatable bonds is 4. The van der Waals surface area contributed by atoms with Gasteiger partial charge >= 0.3 is 5.97 Å². The normalized spacial score (nSPS) is 10.1. The van der Waals surface area contributed by atoms with Crippen LogP contribution in [0.2, 0.25) is 5.02 Å². The molecule has 0 atom stereocenters. The van der Waals surface area contributed by atoms with E-state index >= 15 is 0 Å². The van der Waals surface area contributed by atoms with E-state index in [9.17, 15) is 9.59 Å². The van der Waals surface area contributed by atoms with Crippen molar-refractivity contribution in [1.29, 1.82) is 0 Å². The van der Waals surface area contributed by atoms with Crippen LogP contribution < -0.4 is 10.1 Å². The Kier molecular flexibility index (Phi) is 3.80. The predicted molar refractivity (Wildman–Crippen MR) is 67.1 cm³/mol. The number of nitrogens with zero attached hydrogens (tertiary/aromatic N) is 3. The first kappa shape index (κ1) is 13.7. The van der Waals surface area contributed by atoms with Gasteiger partial charge in [-0.15, -0.1) is 10.2 Å². The van der Waals surface area contributed by atoms with Crippen LogP contribution in [0.1, 0.15) is 21.0 Å². The minimum Gasteiger partial charge on any atom is -0.496 e. The van der Waals surface area contributed by atoms with Gasteiger partial charge in [-0.25, -0.2) is 4.79 Å². The molecule has 0 fully saturated rings. The Morgan fingerprint density at radius 2 is 2.20 bits per heavy atom. The zero-order valence-electron chi connectivity index (χ0n) is 10.0. The molecule has 0 spiro atoms. The number of carbonyl (C=O) groups excluding carboxylic acids is 1. The third-order valence-corrected chi connectivity index (χ3v) is 2.63. The molecule has 1 amide bonds. The number of nitrogens with one attached hydrogen (secondary N) is 2.